The van der Waals surface area contributed by atoms with Gasteiger partial charge in [-0.3, -0.25) is 9.11 Å². The van der Waals surface area contributed by atoms with Gasteiger partial charge in [0, 0.05) is 6.42 Å². The van der Waals surface area contributed by atoms with Crippen LogP contribution in [0.25, 0.3) is 0 Å². The van der Waals surface area contributed by atoms with Crippen LogP contribution >= 0.6 is 0 Å². The van der Waals surface area contributed by atoms with Crippen molar-refractivity contribution in [1.29, 1.82) is 0 Å². The zero-order chi connectivity index (χ0) is 14.8. The lowest BCUT2D eigenvalue weighted by Gasteiger charge is -2.11. The second kappa shape index (κ2) is 5.43. The fraction of sp³-hybridized carbons (Fsp3) is 0.333. The van der Waals surface area contributed by atoms with Gasteiger partial charge < -0.3 is 4.74 Å². The molecular formula is C9H11O8S2. The number of rotatable bonds is 5. The average Bonchev–Trinajstić information content (AvgIpc) is 2.25. The molecule has 1 radical (unpaired) electrons. The van der Waals surface area contributed by atoms with Gasteiger partial charge >= 0.3 is 0 Å². The van der Waals surface area contributed by atoms with Crippen LogP contribution in [0.4, 0.5) is 0 Å². The summed E-state index contributed by atoms with van der Waals surface area (Å²) in [5, 5.41) is 10.6. The standard InChI is InChI=1S/C9H11O8S2/c1-17-7-4-6(2-3-10)8(18(11,12)13)5-9(7)19(14,15)16/h4-5H,2-3H2,1H3,(H,11,12,13)(H,14,15,16). The summed E-state index contributed by atoms with van der Waals surface area (Å²) >= 11 is 0. The van der Waals surface area contributed by atoms with Crippen molar-refractivity contribution in [3.8, 4) is 5.75 Å². The first-order chi connectivity index (χ1) is 8.61. The molecule has 1 rings (SSSR count). The number of hydrogen-bond acceptors (Lipinski definition) is 5. The second-order valence-electron chi connectivity index (χ2n) is 3.52. The minimum atomic E-state index is -4.74. The van der Waals surface area contributed by atoms with E-state index in [1.165, 1.54) is 0 Å². The highest BCUT2D eigenvalue weighted by Crippen LogP contribution is 2.30. The van der Waals surface area contributed by atoms with Crippen molar-refractivity contribution in [3.63, 3.8) is 0 Å². The van der Waals surface area contributed by atoms with E-state index < -0.39 is 36.6 Å². The topological polar surface area (TPSA) is 138 Å². The van der Waals surface area contributed by atoms with Crippen molar-refractivity contribution in [2.45, 2.75) is 16.2 Å². The Kier molecular flexibility index (Phi) is 4.53. The van der Waals surface area contributed by atoms with E-state index in [4.69, 9.17) is 13.8 Å². The summed E-state index contributed by atoms with van der Waals surface area (Å²) in [5.74, 6) is -0.321. The van der Waals surface area contributed by atoms with E-state index in [0.29, 0.717) is 6.07 Å². The molecule has 0 aromatic heterocycles. The summed E-state index contributed by atoms with van der Waals surface area (Å²) in [4.78, 5) is -1.56. The van der Waals surface area contributed by atoms with E-state index in [9.17, 15) is 21.9 Å². The first-order valence-corrected chi connectivity index (χ1v) is 7.73. The highest BCUT2D eigenvalue weighted by atomic mass is 32.2. The summed E-state index contributed by atoms with van der Waals surface area (Å²) in [6.07, 6.45) is -0.253. The van der Waals surface area contributed by atoms with Crippen LogP contribution in [-0.2, 0) is 31.8 Å². The van der Waals surface area contributed by atoms with Gasteiger partial charge in [0.25, 0.3) is 20.2 Å². The van der Waals surface area contributed by atoms with Crippen LogP contribution in [0, 0.1) is 0 Å². The molecule has 0 aliphatic rings. The van der Waals surface area contributed by atoms with E-state index in [2.05, 4.69) is 0 Å². The molecule has 0 unspecified atom stereocenters. The molecule has 0 amide bonds. The van der Waals surface area contributed by atoms with Gasteiger partial charge in [0.05, 0.1) is 18.6 Å². The number of hydrogen-bond donors (Lipinski definition) is 2. The minimum absolute atomic E-state index is 0.0956. The van der Waals surface area contributed by atoms with E-state index in [1.54, 1.807) is 0 Å². The maximum Gasteiger partial charge on any atom is 0.298 e. The molecule has 107 valence electrons. The van der Waals surface area contributed by atoms with Gasteiger partial charge in [0.2, 0.25) is 0 Å². The fourth-order valence-corrected chi connectivity index (χ4v) is 2.99. The van der Waals surface area contributed by atoms with Crippen molar-refractivity contribution in [3.05, 3.63) is 17.7 Å². The average molecular weight is 311 g/mol. The normalized spacial score (nSPS) is 12.4. The maximum atomic E-state index is 11.1. The summed E-state index contributed by atoms with van der Waals surface area (Å²) in [6, 6.07) is 1.53. The van der Waals surface area contributed by atoms with Crippen molar-refractivity contribution in [1.82, 2.24) is 0 Å². The molecule has 2 N–H and O–H groups in total. The van der Waals surface area contributed by atoms with Gasteiger partial charge in [-0.2, -0.15) is 16.8 Å². The number of benzene rings is 1. The summed E-state index contributed by atoms with van der Waals surface area (Å²) in [7, 11) is -8.36. The van der Waals surface area contributed by atoms with E-state index >= 15 is 0 Å². The second-order valence-corrected chi connectivity index (χ2v) is 6.29. The molecule has 0 aliphatic heterocycles. The molecular weight excluding hydrogens is 300 g/mol. The number of ether oxygens (including phenoxy) is 1. The van der Waals surface area contributed by atoms with Crippen molar-refractivity contribution in [2.75, 3.05) is 13.7 Å². The first-order valence-electron chi connectivity index (χ1n) is 4.85. The Bertz CT molecular complexity index is 674. The monoisotopic (exact) mass is 311 g/mol. The van der Waals surface area contributed by atoms with Gasteiger partial charge in [0.15, 0.2) is 0 Å². The lowest BCUT2D eigenvalue weighted by molar-refractivity contribution is 0.196. The van der Waals surface area contributed by atoms with Gasteiger partial charge in [0.1, 0.15) is 10.6 Å². The van der Waals surface area contributed by atoms with E-state index in [-0.39, 0.29) is 17.7 Å². The zero-order valence-corrected chi connectivity index (χ0v) is 11.4. The fourth-order valence-electron chi connectivity index (χ4n) is 1.49. The molecule has 1 aromatic rings. The molecule has 0 saturated heterocycles. The SMILES string of the molecule is COc1cc(CC[O])c(S(=O)(=O)O)cc1S(=O)(=O)O. The van der Waals surface area contributed by atoms with Gasteiger partial charge in [-0.25, -0.2) is 5.11 Å². The molecule has 0 bridgehead atoms. The lowest BCUT2D eigenvalue weighted by Crippen LogP contribution is -2.09. The molecule has 1 aromatic carbocycles. The lowest BCUT2D eigenvalue weighted by atomic mass is 10.1. The van der Waals surface area contributed by atoms with Crippen LogP contribution in [0.2, 0.25) is 0 Å². The Balaban J connectivity index is 3.72. The van der Waals surface area contributed by atoms with Crippen LogP contribution in [0.15, 0.2) is 21.9 Å². The van der Waals surface area contributed by atoms with Crippen molar-refractivity contribution < 1.29 is 35.8 Å². The third kappa shape index (κ3) is 3.64. The minimum Gasteiger partial charge on any atom is -0.495 e. The van der Waals surface area contributed by atoms with Crippen molar-refractivity contribution >= 4 is 20.2 Å². The highest BCUT2D eigenvalue weighted by Gasteiger charge is 2.24. The summed E-state index contributed by atoms with van der Waals surface area (Å²) in [5.41, 5.74) is -0.0956. The smallest absolute Gasteiger partial charge is 0.298 e. The van der Waals surface area contributed by atoms with Crippen LogP contribution in [0.3, 0.4) is 0 Å². The van der Waals surface area contributed by atoms with Gasteiger partial charge in [-0.05, 0) is 17.7 Å². The Morgan fingerprint density at radius 2 is 1.58 bits per heavy atom. The Morgan fingerprint density at radius 3 is 1.95 bits per heavy atom. The third-order valence-electron chi connectivity index (χ3n) is 2.27. The van der Waals surface area contributed by atoms with Crippen LogP contribution in [0.5, 0.6) is 5.75 Å². The van der Waals surface area contributed by atoms with Gasteiger partial charge in [-0.15, -0.1) is 0 Å². The molecule has 0 atom stereocenters. The first kappa shape index (κ1) is 15.9. The maximum absolute atomic E-state index is 11.1. The van der Waals surface area contributed by atoms with E-state index in [0.717, 1.165) is 13.2 Å². The Hall–Kier alpha value is -1.20. The molecule has 0 aliphatic carbocycles. The van der Waals surface area contributed by atoms with Crippen LogP contribution < -0.4 is 4.74 Å². The Labute approximate surface area is 110 Å². The Morgan fingerprint density at radius 1 is 1.05 bits per heavy atom. The highest BCUT2D eigenvalue weighted by molar-refractivity contribution is 7.86. The molecule has 10 heteroatoms. The van der Waals surface area contributed by atoms with Gasteiger partial charge in [-0.1, -0.05) is 0 Å². The van der Waals surface area contributed by atoms with Crippen molar-refractivity contribution in [2.24, 2.45) is 0 Å². The molecule has 0 saturated carbocycles. The third-order valence-corrected chi connectivity index (χ3v) is 4.08. The predicted molar refractivity (Wildman–Crippen MR) is 61.9 cm³/mol. The summed E-state index contributed by atoms with van der Waals surface area (Å²) < 4.78 is 67.2. The molecule has 19 heavy (non-hydrogen) atoms. The quantitative estimate of drug-likeness (QED) is 0.738. The van der Waals surface area contributed by atoms with Crippen LogP contribution in [0.1, 0.15) is 5.56 Å². The summed E-state index contributed by atoms with van der Waals surface area (Å²) in [6.45, 7) is -0.670. The van der Waals surface area contributed by atoms with Crippen LogP contribution in [-0.4, -0.2) is 39.7 Å². The van der Waals surface area contributed by atoms with E-state index in [1.807, 2.05) is 0 Å². The molecule has 0 spiro atoms. The molecule has 0 heterocycles. The predicted octanol–water partition coefficient (Wildman–Crippen LogP) is 0.162. The zero-order valence-electron chi connectivity index (χ0n) is 9.73. The number of methoxy groups -OCH3 is 1. The molecule has 8 nitrogen and oxygen atoms in total. The molecule has 0 fully saturated rings. The largest absolute Gasteiger partial charge is 0.495 e.